The molecule has 0 amide bonds. The summed E-state index contributed by atoms with van der Waals surface area (Å²) in [6.07, 6.45) is 0. The lowest BCUT2D eigenvalue weighted by Crippen LogP contribution is -2.17. The predicted octanol–water partition coefficient (Wildman–Crippen LogP) is 2.70. The molecule has 0 spiro atoms. The quantitative estimate of drug-likeness (QED) is 0.0264. The van der Waals surface area contributed by atoms with E-state index in [4.69, 9.17) is 50.2 Å². The Kier molecular flexibility index (Phi) is 16.6. The van der Waals surface area contributed by atoms with Gasteiger partial charge in [-0.05, 0) is 72.8 Å². The number of carbonyl (C=O) groups is 12. The highest BCUT2D eigenvalue weighted by Crippen LogP contribution is 2.23. The van der Waals surface area contributed by atoms with Gasteiger partial charge in [-0.3, -0.25) is 20.3 Å². The van der Waals surface area contributed by atoms with Gasteiger partial charge in [-0.25, -0.2) is 57.5 Å². The van der Waals surface area contributed by atoms with E-state index in [-0.39, 0.29) is 57.7 Å². The Hall–Kier alpha value is -9.24. The highest BCUT2D eigenvalue weighted by Gasteiger charge is 2.32. The van der Waals surface area contributed by atoms with Gasteiger partial charge in [0.1, 0.15) is 26.4 Å². The number of aromatic carboxylic acids is 2. The maximum Gasteiger partial charge on any atom is 0.373 e. The highest BCUT2D eigenvalue weighted by atomic mass is 17.1. The molecule has 6 rings (SSSR count). The van der Waals surface area contributed by atoms with Crippen molar-refractivity contribution in [3.63, 3.8) is 0 Å². The van der Waals surface area contributed by atoms with Crippen molar-refractivity contribution in [2.24, 2.45) is 0 Å². The number of ether oxygens (including phenoxy) is 6. The zero-order valence-corrected chi connectivity index (χ0v) is 32.6. The summed E-state index contributed by atoms with van der Waals surface area (Å²) in [5, 5.41) is 47.0. The molecule has 26 nitrogen and oxygen atoms in total. The van der Waals surface area contributed by atoms with Gasteiger partial charge < -0.3 is 38.6 Å². The molecular formula is C40H26O26. The summed E-state index contributed by atoms with van der Waals surface area (Å²) < 4.78 is 28.5. The number of rotatable bonds is 14. The van der Waals surface area contributed by atoms with Crippen LogP contribution in [0.4, 0.5) is 0 Å². The van der Waals surface area contributed by atoms with Crippen LogP contribution in [0.25, 0.3) is 0 Å². The second kappa shape index (κ2) is 22.2. The Balaban J connectivity index is 0.000000280. The first kappa shape index (κ1) is 49.4. The van der Waals surface area contributed by atoms with Crippen molar-refractivity contribution in [3.05, 3.63) is 140 Å². The molecular weight excluding hydrogens is 896 g/mol. The Bertz CT molecular complexity index is 2510. The van der Waals surface area contributed by atoms with Crippen LogP contribution >= 0.6 is 0 Å². The average Bonchev–Trinajstić information content (AvgIpc) is 3.78. The second-order valence-corrected chi connectivity index (χ2v) is 12.3. The van der Waals surface area contributed by atoms with E-state index >= 15 is 0 Å². The molecule has 2 heterocycles. The van der Waals surface area contributed by atoms with E-state index in [1.54, 1.807) is 0 Å². The second-order valence-electron chi connectivity index (χ2n) is 12.3. The Morgan fingerprint density at radius 1 is 0.379 bits per heavy atom. The summed E-state index contributed by atoms with van der Waals surface area (Å²) in [4.78, 5) is 146. The molecule has 0 aliphatic carbocycles. The summed E-state index contributed by atoms with van der Waals surface area (Å²) in [5.41, 5.74) is -2.75. The molecule has 4 aromatic rings. The lowest BCUT2D eigenvalue weighted by molar-refractivity contribution is -0.182. The van der Waals surface area contributed by atoms with Gasteiger partial charge in [0.25, 0.3) is 0 Å². The van der Waals surface area contributed by atoms with Crippen molar-refractivity contribution in [1.82, 2.24) is 0 Å². The smallest absolute Gasteiger partial charge is 0.373 e. The number of carbonyl (C=O) groups excluding carboxylic acids is 10. The number of carboxylic acids is 2. The zero-order chi connectivity index (χ0) is 48.8. The SMILES string of the molecule is O=C(OCCOC(=O)c1ccc(C(=O)O)c(C(=O)OO)c1)c1ccc(C(=O)O)c(C(=O)OO)c1.O=C(OCCOC(=O)c1ccc2c(c1)C(=O)OC2=O)c1ccc2c(c1)C(=O)OC2=O.OO. The zero-order valence-electron chi connectivity index (χ0n) is 32.6. The summed E-state index contributed by atoms with van der Waals surface area (Å²) in [7, 11) is 0. The minimum atomic E-state index is -1.51. The van der Waals surface area contributed by atoms with Gasteiger partial charge in [0.05, 0.1) is 66.8 Å². The van der Waals surface area contributed by atoms with Crippen molar-refractivity contribution in [2.75, 3.05) is 26.4 Å². The van der Waals surface area contributed by atoms with Crippen LogP contribution in [0.5, 0.6) is 0 Å². The van der Waals surface area contributed by atoms with Gasteiger partial charge in [0.2, 0.25) is 0 Å². The van der Waals surface area contributed by atoms with Crippen LogP contribution in [-0.4, -0.2) is 129 Å². The Morgan fingerprint density at radius 3 is 0.939 bits per heavy atom. The number of esters is 8. The van der Waals surface area contributed by atoms with Crippen LogP contribution in [0.2, 0.25) is 0 Å². The Morgan fingerprint density at radius 2 is 0.652 bits per heavy atom. The van der Waals surface area contributed by atoms with Gasteiger partial charge in [-0.15, -0.1) is 0 Å². The number of carboxylic acid groups (broad SMARTS) is 2. The molecule has 6 N–H and O–H groups in total. The van der Waals surface area contributed by atoms with Crippen LogP contribution in [0.3, 0.4) is 0 Å². The Labute approximate surface area is 364 Å². The summed E-state index contributed by atoms with van der Waals surface area (Å²) >= 11 is 0. The van der Waals surface area contributed by atoms with Gasteiger partial charge in [0, 0.05) is 0 Å². The van der Waals surface area contributed by atoms with Gasteiger partial charge in [-0.2, -0.15) is 10.5 Å². The molecule has 66 heavy (non-hydrogen) atoms. The van der Waals surface area contributed by atoms with Crippen molar-refractivity contribution < 1.29 is 127 Å². The predicted molar refractivity (Wildman–Crippen MR) is 202 cm³/mol. The number of hydrogen-bond acceptors (Lipinski definition) is 24. The third kappa shape index (κ3) is 11.6. The minimum Gasteiger partial charge on any atom is -0.478 e. The van der Waals surface area contributed by atoms with Crippen LogP contribution in [0.15, 0.2) is 72.8 Å². The molecule has 4 aromatic carbocycles. The summed E-state index contributed by atoms with van der Waals surface area (Å²) in [6.45, 7) is -1.53. The van der Waals surface area contributed by atoms with E-state index in [1.165, 1.54) is 36.4 Å². The monoisotopic (exact) mass is 922 g/mol. The van der Waals surface area contributed by atoms with Crippen molar-refractivity contribution >= 4 is 71.6 Å². The van der Waals surface area contributed by atoms with Crippen LogP contribution < -0.4 is 0 Å². The fourth-order valence-electron chi connectivity index (χ4n) is 5.45. The van der Waals surface area contributed by atoms with E-state index in [0.717, 1.165) is 36.4 Å². The molecule has 0 bridgehead atoms. The lowest BCUT2D eigenvalue weighted by Gasteiger charge is -2.09. The lowest BCUT2D eigenvalue weighted by atomic mass is 10.0. The van der Waals surface area contributed by atoms with Crippen LogP contribution in [0, 0.1) is 0 Å². The molecule has 0 unspecified atom stereocenters. The molecule has 342 valence electrons. The molecule has 0 fully saturated rings. The van der Waals surface area contributed by atoms with E-state index < -0.39 is 107 Å². The molecule has 0 aromatic heterocycles. The maximum absolute atomic E-state index is 12.1. The van der Waals surface area contributed by atoms with E-state index in [1.807, 2.05) is 0 Å². The van der Waals surface area contributed by atoms with Crippen molar-refractivity contribution in [1.29, 1.82) is 0 Å². The van der Waals surface area contributed by atoms with Crippen LogP contribution in [-0.2, 0) is 38.2 Å². The van der Waals surface area contributed by atoms with Gasteiger partial charge in [-0.1, -0.05) is 0 Å². The van der Waals surface area contributed by atoms with Gasteiger partial charge >= 0.3 is 71.6 Å². The summed E-state index contributed by atoms with van der Waals surface area (Å²) in [6, 6.07) is 13.1. The third-order valence-corrected chi connectivity index (χ3v) is 8.44. The minimum absolute atomic E-state index is 0.0218. The fourth-order valence-corrected chi connectivity index (χ4v) is 5.45. The molecule has 2 aliphatic heterocycles. The first-order valence-corrected chi connectivity index (χ1v) is 17.6. The largest absolute Gasteiger partial charge is 0.478 e. The average molecular weight is 923 g/mol. The first-order chi connectivity index (χ1) is 31.4. The molecule has 0 saturated heterocycles. The third-order valence-electron chi connectivity index (χ3n) is 8.44. The van der Waals surface area contributed by atoms with Crippen LogP contribution in [0.1, 0.15) is 124 Å². The molecule has 0 radical (unpaired) electrons. The fraction of sp³-hybridized carbons (Fsp3) is 0.100. The van der Waals surface area contributed by atoms with E-state index in [0.29, 0.717) is 0 Å². The topological polar surface area (TPSA) is 400 Å². The molecule has 26 heteroatoms. The van der Waals surface area contributed by atoms with Gasteiger partial charge in [0.15, 0.2) is 0 Å². The number of benzene rings is 4. The molecule has 0 saturated carbocycles. The normalized spacial score (nSPS) is 11.6. The van der Waals surface area contributed by atoms with Crippen molar-refractivity contribution in [3.8, 4) is 0 Å². The van der Waals surface area contributed by atoms with E-state index in [9.17, 15) is 57.5 Å². The van der Waals surface area contributed by atoms with Crippen molar-refractivity contribution in [2.45, 2.75) is 0 Å². The number of hydrogen-bond donors (Lipinski definition) is 6. The molecule has 2 aliphatic rings. The summed E-state index contributed by atoms with van der Waals surface area (Å²) in [5.74, 6) is -12.8. The molecule has 0 atom stereocenters. The standard InChI is InChI=1S/C20H14O14.C20H10O10.H2O2/c21-15(22)11-3-1-9(7-13(11)19(27)33-29)17(25)31-5-6-32-18(26)10-2-4-12(16(23)24)14(8-10)20(28)34-30;21-15(9-1-3-11-13(7-9)19(25)29-17(11)23)27-5-6-28-16(22)10-2-4-12-14(8-10)20(26)30-18(12)24;1-2/h1-4,7-8,29-30H,5-6H2,(H,21,22)(H,23,24);1-4,7-8H,5-6H2;1-2H. The first-order valence-electron chi connectivity index (χ1n) is 17.6. The van der Waals surface area contributed by atoms with E-state index in [2.05, 4.69) is 19.2 Å². The number of fused-ring (bicyclic) bond motifs is 2. The number of cyclic esters (lactones) is 4. The maximum atomic E-state index is 12.1. The highest BCUT2D eigenvalue weighted by molar-refractivity contribution is 6.16.